The Morgan fingerprint density at radius 1 is 0.615 bits per heavy atom. The van der Waals surface area contributed by atoms with Crippen molar-refractivity contribution in [3.63, 3.8) is 0 Å². The molecule has 3 aromatic rings. The monoisotopic (exact) mass is 604 g/mol. The molecule has 0 unspecified atom stereocenters. The second-order valence-electron chi connectivity index (χ2n) is 13.6. The quantitative estimate of drug-likeness (QED) is 0.215. The molecule has 0 fully saturated rings. The van der Waals surface area contributed by atoms with Gasteiger partial charge in [0, 0.05) is 17.7 Å². The van der Waals surface area contributed by atoms with E-state index in [-0.39, 0.29) is 11.2 Å². The van der Waals surface area contributed by atoms with Crippen molar-refractivity contribution in [3.05, 3.63) is 40.6 Å². The second-order valence-corrected chi connectivity index (χ2v) is 31.3. The summed E-state index contributed by atoms with van der Waals surface area (Å²) in [7, 11) is -6.52. The van der Waals surface area contributed by atoms with Crippen LogP contribution in [-0.4, -0.2) is 40.4 Å². The number of rotatable bonds is 10. The van der Waals surface area contributed by atoms with Gasteiger partial charge >= 0.3 is 0 Å². The van der Waals surface area contributed by atoms with E-state index in [0.29, 0.717) is 45.3 Å². The topological polar surface area (TPSA) is 76.4 Å². The molecule has 3 rings (SSSR count). The minimum absolute atomic E-state index is 0.182. The molecule has 0 amide bonds. The highest BCUT2D eigenvalue weighted by Crippen LogP contribution is 2.41. The van der Waals surface area contributed by atoms with Crippen LogP contribution < -0.4 is 27.9 Å². The molecule has 214 valence electrons. The van der Waals surface area contributed by atoms with Crippen molar-refractivity contribution in [1.29, 1.82) is 0 Å². The van der Waals surface area contributed by atoms with Crippen molar-refractivity contribution in [2.24, 2.45) is 0 Å². The zero-order valence-corrected chi connectivity index (χ0v) is 29.7. The fourth-order valence-electron chi connectivity index (χ4n) is 3.88. The van der Waals surface area contributed by atoms with Crippen molar-refractivity contribution >= 4 is 44.2 Å². The van der Waals surface area contributed by atoms with Crippen molar-refractivity contribution < 1.29 is 26.9 Å². The summed E-state index contributed by atoms with van der Waals surface area (Å²) in [6, 6.07) is 9.17. The highest BCUT2D eigenvalue weighted by atomic mass is 28.4. The molecule has 11 heteroatoms. The maximum Gasteiger partial charge on any atom is 0.242 e. The van der Waals surface area contributed by atoms with Gasteiger partial charge in [0.25, 0.3) is 0 Å². The van der Waals surface area contributed by atoms with E-state index in [1.54, 1.807) is 13.2 Å². The minimum atomic E-state index is -2.21. The van der Waals surface area contributed by atoms with Crippen LogP contribution in [0.2, 0.25) is 78.6 Å². The number of fused-ring (bicyclic) bond motifs is 1. The average molecular weight is 605 g/mol. The first-order chi connectivity index (χ1) is 17.7. The van der Waals surface area contributed by atoms with Crippen LogP contribution in [0, 0.1) is 0 Å². The molecule has 0 aliphatic heterocycles. The Labute approximate surface area is 236 Å². The third-order valence-corrected chi connectivity index (χ3v) is 8.31. The molecule has 0 saturated carbocycles. The molecule has 0 aliphatic rings. The Bertz CT molecular complexity index is 1410. The summed E-state index contributed by atoms with van der Waals surface area (Å²) in [6.07, 6.45) is 0. The van der Waals surface area contributed by atoms with E-state index in [1.165, 1.54) is 0 Å². The molecule has 0 bridgehead atoms. The van der Waals surface area contributed by atoms with Gasteiger partial charge in [-0.1, -0.05) is 0 Å². The lowest BCUT2D eigenvalue weighted by Gasteiger charge is -2.25. The minimum Gasteiger partial charge on any atom is -0.544 e. The van der Waals surface area contributed by atoms with Gasteiger partial charge in [0.15, 0.2) is 17.3 Å². The van der Waals surface area contributed by atoms with Gasteiger partial charge in [-0.15, -0.1) is 0 Å². The fourth-order valence-corrected chi connectivity index (χ4v) is 7.15. The third-order valence-electron chi connectivity index (χ3n) is 4.98. The molecular weight excluding hydrogens is 561 g/mol. The molecule has 0 atom stereocenters. The van der Waals surface area contributed by atoms with Crippen LogP contribution in [0.4, 0.5) is 0 Å². The van der Waals surface area contributed by atoms with Gasteiger partial charge in [0.1, 0.15) is 28.2 Å². The Morgan fingerprint density at radius 2 is 1.15 bits per heavy atom. The largest absolute Gasteiger partial charge is 0.544 e. The normalized spacial score (nSPS) is 12.8. The Morgan fingerprint density at radius 3 is 1.67 bits per heavy atom. The zero-order valence-electron chi connectivity index (χ0n) is 25.7. The third kappa shape index (κ3) is 8.50. The van der Waals surface area contributed by atoms with Crippen LogP contribution in [0.1, 0.15) is 0 Å². The molecule has 0 radical (unpaired) electrons. The van der Waals surface area contributed by atoms with Crippen molar-refractivity contribution in [3.8, 4) is 40.1 Å². The molecule has 39 heavy (non-hydrogen) atoms. The summed E-state index contributed by atoms with van der Waals surface area (Å²) in [6.45, 7) is 25.0. The van der Waals surface area contributed by atoms with E-state index in [9.17, 15) is 4.79 Å². The fraction of sp³-hybridized carbons (Fsp3) is 0.464. The second kappa shape index (κ2) is 10.8. The smallest absolute Gasteiger partial charge is 0.242 e. The molecule has 0 saturated heterocycles. The predicted octanol–water partition coefficient (Wildman–Crippen LogP) is 8.32. The van der Waals surface area contributed by atoms with Gasteiger partial charge in [-0.25, -0.2) is 0 Å². The summed E-state index contributed by atoms with van der Waals surface area (Å²) < 4.78 is 37.6. The van der Waals surface area contributed by atoms with Crippen molar-refractivity contribution in [2.75, 3.05) is 7.11 Å². The lowest BCUT2D eigenvalue weighted by atomic mass is 10.1. The molecule has 7 nitrogen and oxygen atoms in total. The maximum absolute atomic E-state index is 14.2. The number of benzene rings is 2. The van der Waals surface area contributed by atoms with Crippen LogP contribution in [0.3, 0.4) is 0 Å². The van der Waals surface area contributed by atoms with E-state index in [0.717, 1.165) is 0 Å². The first-order valence-electron chi connectivity index (χ1n) is 13.3. The summed E-state index contributed by atoms with van der Waals surface area (Å²) in [5, 5.41) is 0.364. The highest BCUT2D eigenvalue weighted by Gasteiger charge is 2.29. The first-order valence-corrected chi connectivity index (χ1v) is 26.9. The summed E-state index contributed by atoms with van der Waals surface area (Å²) in [4.78, 5) is 14.2. The Kier molecular flexibility index (Phi) is 8.62. The molecule has 0 N–H and O–H groups in total. The Balaban J connectivity index is 2.38. The van der Waals surface area contributed by atoms with Crippen molar-refractivity contribution in [1.82, 2.24) is 0 Å². The SMILES string of the molecule is COc1cc(-c2oc3cc(O[Si](C)(C)C)cc(O[Si](C)(C)C)c3c(=O)c2O[Si](C)(C)C)ccc1O[Si](C)(C)C. The molecule has 1 aromatic heterocycles. The molecule has 0 aliphatic carbocycles. The number of ether oxygens (including phenoxy) is 1. The van der Waals surface area contributed by atoms with Gasteiger partial charge in [-0.2, -0.15) is 0 Å². The lowest BCUT2D eigenvalue weighted by Crippen LogP contribution is -2.33. The van der Waals surface area contributed by atoms with Gasteiger partial charge < -0.3 is 26.9 Å². The van der Waals surface area contributed by atoms with E-state index < -0.39 is 33.3 Å². The van der Waals surface area contributed by atoms with Gasteiger partial charge in [-0.3, -0.25) is 4.79 Å². The summed E-state index contributed by atoms with van der Waals surface area (Å²) in [5.41, 5.74) is 0.789. The molecule has 0 spiro atoms. The van der Waals surface area contributed by atoms with E-state index >= 15 is 0 Å². The lowest BCUT2D eigenvalue weighted by molar-refractivity contribution is 0.392. The van der Waals surface area contributed by atoms with Crippen LogP contribution in [0.25, 0.3) is 22.3 Å². The van der Waals surface area contributed by atoms with E-state index in [1.807, 2.05) is 43.9 Å². The van der Waals surface area contributed by atoms with E-state index in [2.05, 4.69) is 58.9 Å². The van der Waals surface area contributed by atoms with Crippen molar-refractivity contribution in [2.45, 2.75) is 78.6 Å². The van der Waals surface area contributed by atoms with E-state index in [4.69, 9.17) is 26.9 Å². The summed E-state index contributed by atoms with van der Waals surface area (Å²) >= 11 is 0. The van der Waals surface area contributed by atoms with Gasteiger partial charge in [0.05, 0.1) is 7.11 Å². The number of hydrogen-bond donors (Lipinski definition) is 0. The molecule has 2 aromatic carbocycles. The highest BCUT2D eigenvalue weighted by molar-refractivity contribution is 6.71. The molecular formula is C28H44O7Si4. The maximum atomic E-state index is 14.2. The van der Waals surface area contributed by atoms with Crippen LogP contribution in [0.5, 0.6) is 28.7 Å². The molecule has 1 heterocycles. The first kappa shape index (κ1) is 31.1. The zero-order chi connectivity index (χ0) is 29.6. The van der Waals surface area contributed by atoms with Crippen LogP contribution in [0.15, 0.2) is 39.5 Å². The average Bonchev–Trinajstić information content (AvgIpc) is 2.71. The predicted molar refractivity (Wildman–Crippen MR) is 170 cm³/mol. The summed E-state index contributed by atoms with van der Waals surface area (Å²) in [5.74, 6) is 2.85. The standard InChI is InChI=1S/C28H44O7Si4/c1-30-22-16-19(14-15-21(22)33-37(5,6)7)27-28(35-39(11,12)13)26(29)25-23(31-27)17-20(32-36(2,3)4)18-24(25)34-38(8,9)10/h14-18H,1-13H3. The van der Waals surface area contributed by atoms with Crippen LogP contribution >= 0.6 is 0 Å². The Hall–Kier alpha value is -2.48. The number of methoxy groups -OCH3 is 1. The van der Waals surface area contributed by atoms with Gasteiger partial charge in [-0.05, 0) is 96.8 Å². The van der Waals surface area contributed by atoms with Gasteiger partial charge in [0.2, 0.25) is 38.7 Å². The number of hydrogen-bond acceptors (Lipinski definition) is 7. The van der Waals surface area contributed by atoms with Crippen LogP contribution in [-0.2, 0) is 0 Å².